The van der Waals surface area contributed by atoms with E-state index in [1.165, 1.54) is 11.1 Å². The summed E-state index contributed by atoms with van der Waals surface area (Å²) in [6.07, 6.45) is 0. The molecule has 6 heteroatoms. The number of thioether (sulfide) groups is 1. The van der Waals surface area contributed by atoms with E-state index in [-0.39, 0.29) is 0 Å². The van der Waals surface area contributed by atoms with Crippen molar-refractivity contribution in [2.45, 2.75) is 37.3 Å². The summed E-state index contributed by atoms with van der Waals surface area (Å²) >= 11 is 5.17. The van der Waals surface area contributed by atoms with Crippen molar-refractivity contribution in [3.05, 3.63) is 70.0 Å². The molecule has 0 amide bonds. The van der Waals surface area contributed by atoms with Crippen LogP contribution in [0.3, 0.4) is 0 Å². The molecule has 0 saturated heterocycles. The van der Waals surface area contributed by atoms with Crippen molar-refractivity contribution in [2.75, 3.05) is 0 Å². The third kappa shape index (κ3) is 4.89. The van der Waals surface area contributed by atoms with Gasteiger partial charge in [0.15, 0.2) is 11.0 Å². The lowest BCUT2D eigenvalue weighted by molar-refractivity contribution is 0.290. The summed E-state index contributed by atoms with van der Waals surface area (Å²) in [5.74, 6) is 3.03. The number of ether oxygens (including phenoxy) is 1. The molecular weight excluding hydrogens is 410 g/mol. The number of halogens is 1. The molecule has 0 fully saturated rings. The molecule has 0 aliphatic carbocycles. The predicted octanol–water partition coefficient (Wildman–Crippen LogP) is 5.57. The van der Waals surface area contributed by atoms with Crippen LogP contribution >= 0.6 is 27.7 Å². The fraction of sp³-hybridized carbons (Fsp3) is 0.300. The molecule has 0 radical (unpaired) electrons. The standard InChI is InChI=1S/C20H22BrN3OS/c1-14(2)16-7-9-18(10-8-16)25-12-19-22-23-20(24(19)3)26-13-15-5-4-6-17(21)11-15/h4-11,14H,12-13H2,1-3H3. The molecule has 4 nitrogen and oxygen atoms in total. The monoisotopic (exact) mass is 431 g/mol. The number of hydrogen-bond donors (Lipinski definition) is 0. The molecule has 1 aromatic heterocycles. The van der Waals surface area contributed by atoms with Gasteiger partial charge in [0.25, 0.3) is 0 Å². The van der Waals surface area contributed by atoms with E-state index in [1.54, 1.807) is 11.8 Å². The van der Waals surface area contributed by atoms with Crippen LogP contribution in [-0.4, -0.2) is 14.8 Å². The van der Waals surface area contributed by atoms with E-state index in [1.807, 2.05) is 35.9 Å². The van der Waals surface area contributed by atoms with Crippen LogP contribution in [-0.2, 0) is 19.4 Å². The van der Waals surface area contributed by atoms with E-state index in [2.05, 4.69) is 64.2 Å². The first kappa shape index (κ1) is 19.0. The third-order valence-electron chi connectivity index (χ3n) is 4.10. The summed E-state index contributed by atoms with van der Waals surface area (Å²) in [4.78, 5) is 0. The first-order valence-corrected chi connectivity index (χ1v) is 10.3. The summed E-state index contributed by atoms with van der Waals surface area (Å²) < 4.78 is 8.94. The molecule has 2 aromatic carbocycles. The largest absolute Gasteiger partial charge is 0.486 e. The summed E-state index contributed by atoms with van der Waals surface area (Å²) in [7, 11) is 1.98. The predicted molar refractivity (Wildman–Crippen MR) is 110 cm³/mol. The minimum atomic E-state index is 0.405. The second-order valence-corrected chi connectivity index (χ2v) is 8.25. The molecule has 1 heterocycles. The number of hydrogen-bond acceptors (Lipinski definition) is 4. The second-order valence-electron chi connectivity index (χ2n) is 6.39. The van der Waals surface area contributed by atoms with Crippen LogP contribution in [0.15, 0.2) is 58.2 Å². The highest BCUT2D eigenvalue weighted by atomic mass is 79.9. The molecule has 136 valence electrons. The summed E-state index contributed by atoms with van der Waals surface area (Å²) in [5.41, 5.74) is 2.55. The van der Waals surface area contributed by atoms with Gasteiger partial charge in [-0.25, -0.2) is 0 Å². The summed E-state index contributed by atoms with van der Waals surface area (Å²) in [5, 5.41) is 9.44. The number of aromatic nitrogens is 3. The summed E-state index contributed by atoms with van der Waals surface area (Å²) in [6.45, 7) is 4.77. The van der Waals surface area contributed by atoms with Crippen LogP contribution in [0.1, 0.15) is 36.7 Å². The Morgan fingerprint density at radius 1 is 1.12 bits per heavy atom. The summed E-state index contributed by atoms with van der Waals surface area (Å²) in [6, 6.07) is 16.5. The van der Waals surface area contributed by atoms with E-state index in [4.69, 9.17) is 4.74 Å². The topological polar surface area (TPSA) is 39.9 Å². The minimum Gasteiger partial charge on any atom is -0.486 e. The van der Waals surface area contributed by atoms with Crippen molar-refractivity contribution in [1.82, 2.24) is 14.8 Å². The van der Waals surface area contributed by atoms with E-state index in [0.29, 0.717) is 12.5 Å². The van der Waals surface area contributed by atoms with Crippen molar-refractivity contribution in [3.63, 3.8) is 0 Å². The fourth-order valence-electron chi connectivity index (χ4n) is 2.47. The van der Waals surface area contributed by atoms with Crippen molar-refractivity contribution < 1.29 is 4.74 Å². The quantitative estimate of drug-likeness (QED) is 0.458. The van der Waals surface area contributed by atoms with Gasteiger partial charge >= 0.3 is 0 Å². The highest BCUT2D eigenvalue weighted by molar-refractivity contribution is 9.10. The smallest absolute Gasteiger partial charge is 0.191 e. The molecule has 0 bridgehead atoms. The van der Waals surface area contributed by atoms with Crippen molar-refractivity contribution in [1.29, 1.82) is 0 Å². The molecule has 0 aliphatic rings. The molecule has 0 spiro atoms. The molecule has 0 unspecified atom stereocenters. The number of nitrogens with zero attached hydrogens (tertiary/aromatic N) is 3. The molecular formula is C20H22BrN3OS. The molecule has 0 atom stereocenters. The molecule has 0 N–H and O–H groups in total. The van der Waals surface area contributed by atoms with Crippen molar-refractivity contribution >= 4 is 27.7 Å². The van der Waals surface area contributed by atoms with Gasteiger partial charge < -0.3 is 9.30 Å². The Kier molecular flexibility index (Phi) is 6.38. The normalized spacial score (nSPS) is 11.1. The first-order chi connectivity index (χ1) is 12.5. The molecule has 0 saturated carbocycles. The van der Waals surface area contributed by atoms with Gasteiger partial charge in [-0.05, 0) is 41.3 Å². The van der Waals surface area contributed by atoms with Crippen molar-refractivity contribution in [3.8, 4) is 5.75 Å². The zero-order chi connectivity index (χ0) is 18.5. The zero-order valence-corrected chi connectivity index (χ0v) is 17.5. The maximum absolute atomic E-state index is 5.86. The van der Waals surface area contributed by atoms with Crippen LogP contribution in [0.5, 0.6) is 5.75 Å². The highest BCUT2D eigenvalue weighted by Gasteiger charge is 2.10. The minimum absolute atomic E-state index is 0.405. The number of benzene rings is 2. The second kappa shape index (κ2) is 8.73. The Morgan fingerprint density at radius 2 is 1.88 bits per heavy atom. The SMILES string of the molecule is CC(C)c1ccc(OCc2nnc(SCc3cccc(Br)c3)n2C)cc1. The van der Waals surface area contributed by atoms with Gasteiger partial charge in [0.2, 0.25) is 0 Å². The van der Waals surface area contributed by atoms with Gasteiger partial charge in [0.1, 0.15) is 12.4 Å². The Labute approximate surface area is 167 Å². The third-order valence-corrected chi connectivity index (χ3v) is 5.68. The zero-order valence-electron chi connectivity index (χ0n) is 15.1. The van der Waals surface area contributed by atoms with Crippen LogP contribution < -0.4 is 4.74 Å². The average molecular weight is 432 g/mol. The van der Waals surface area contributed by atoms with Gasteiger partial charge in [-0.15, -0.1) is 10.2 Å². The van der Waals surface area contributed by atoms with Crippen LogP contribution in [0.25, 0.3) is 0 Å². The maximum Gasteiger partial charge on any atom is 0.191 e. The van der Waals surface area contributed by atoms with Gasteiger partial charge in [0.05, 0.1) is 0 Å². The van der Waals surface area contributed by atoms with E-state index in [9.17, 15) is 0 Å². The Morgan fingerprint density at radius 3 is 2.58 bits per heavy atom. The molecule has 26 heavy (non-hydrogen) atoms. The van der Waals surface area contributed by atoms with Gasteiger partial charge in [-0.1, -0.05) is 65.8 Å². The first-order valence-electron chi connectivity index (χ1n) is 8.51. The van der Waals surface area contributed by atoms with E-state index >= 15 is 0 Å². The Hall–Kier alpha value is -1.79. The molecule has 0 aliphatic heterocycles. The average Bonchev–Trinajstić information content (AvgIpc) is 2.98. The lowest BCUT2D eigenvalue weighted by Gasteiger charge is -2.09. The van der Waals surface area contributed by atoms with Crippen LogP contribution in [0, 0.1) is 0 Å². The lowest BCUT2D eigenvalue weighted by Crippen LogP contribution is -2.04. The van der Waals surface area contributed by atoms with Gasteiger partial charge in [-0.3, -0.25) is 0 Å². The maximum atomic E-state index is 5.86. The van der Waals surface area contributed by atoms with Crippen molar-refractivity contribution in [2.24, 2.45) is 7.05 Å². The highest BCUT2D eigenvalue weighted by Crippen LogP contribution is 2.24. The van der Waals surface area contributed by atoms with Crippen LogP contribution in [0.2, 0.25) is 0 Å². The van der Waals surface area contributed by atoms with Gasteiger partial charge in [0, 0.05) is 17.3 Å². The number of rotatable bonds is 7. The Balaban J connectivity index is 1.58. The fourth-order valence-corrected chi connectivity index (χ4v) is 3.79. The van der Waals surface area contributed by atoms with Crippen LogP contribution in [0.4, 0.5) is 0 Å². The lowest BCUT2D eigenvalue weighted by atomic mass is 10.0. The molecule has 3 aromatic rings. The van der Waals surface area contributed by atoms with Gasteiger partial charge in [-0.2, -0.15) is 0 Å². The Bertz CT molecular complexity index is 862. The van der Waals surface area contributed by atoms with E-state index in [0.717, 1.165) is 27.0 Å². The van der Waals surface area contributed by atoms with E-state index < -0.39 is 0 Å². The molecule has 3 rings (SSSR count).